The molecular formula is C16H19BrN4O2. The molecular weight excluding hydrogens is 360 g/mol. The Hall–Kier alpha value is -1.73. The van der Waals surface area contributed by atoms with Gasteiger partial charge in [0.25, 0.3) is 0 Å². The third kappa shape index (κ3) is 3.61. The lowest BCUT2D eigenvalue weighted by molar-refractivity contribution is -0.133. The highest BCUT2D eigenvalue weighted by Crippen LogP contribution is 2.31. The fourth-order valence-corrected chi connectivity index (χ4v) is 3.07. The maximum absolute atomic E-state index is 12.2. The molecule has 0 saturated carbocycles. The van der Waals surface area contributed by atoms with Crippen molar-refractivity contribution in [2.24, 2.45) is 5.73 Å². The molecule has 2 heterocycles. The summed E-state index contributed by atoms with van der Waals surface area (Å²) in [7, 11) is 0. The van der Waals surface area contributed by atoms with Crippen LogP contribution >= 0.6 is 15.9 Å². The molecule has 1 amide bonds. The van der Waals surface area contributed by atoms with Crippen LogP contribution in [0.4, 0.5) is 0 Å². The minimum absolute atomic E-state index is 0.0693. The third-order valence-corrected chi connectivity index (χ3v) is 4.50. The van der Waals surface area contributed by atoms with Gasteiger partial charge in [-0.25, -0.2) is 0 Å². The smallest absolute Gasteiger partial charge is 0.249 e. The number of nitrogens with zero attached hydrogens (tertiary/aromatic N) is 3. The average molecular weight is 379 g/mol. The fourth-order valence-electron chi connectivity index (χ4n) is 2.81. The number of carbonyl (C=O) groups is 1. The minimum Gasteiger partial charge on any atom is -0.337 e. The van der Waals surface area contributed by atoms with Crippen LogP contribution < -0.4 is 5.73 Å². The second-order valence-electron chi connectivity index (χ2n) is 5.83. The lowest BCUT2D eigenvalue weighted by atomic mass is 10.1. The summed E-state index contributed by atoms with van der Waals surface area (Å²) in [5.41, 5.74) is 6.82. The van der Waals surface area contributed by atoms with E-state index in [2.05, 4.69) is 26.1 Å². The Labute approximate surface area is 143 Å². The normalized spacial score (nSPS) is 19.1. The Balaban J connectivity index is 1.73. The third-order valence-electron chi connectivity index (χ3n) is 3.97. The van der Waals surface area contributed by atoms with E-state index in [0.29, 0.717) is 24.7 Å². The second kappa shape index (κ2) is 6.80. The summed E-state index contributed by atoms with van der Waals surface area (Å²) < 4.78 is 6.43. The van der Waals surface area contributed by atoms with Crippen molar-refractivity contribution < 1.29 is 9.32 Å². The molecule has 122 valence electrons. The van der Waals surface area contributed by atoms with E-state index in [-0.39, 0.29) is 11.9 Å². The van der Waals surface area contributed by atoms with E-state index < -0.39 is 6.04 Å². The zero-order chi connectivity index (χ0) is 16.4. The van der Waals surface area contributed by atoms with Gasteiger partial charge in [-0.1, -0.05) is 33.2 Å². The van der Waals surface area contributed by atoms with Gasteiger partial charge >= 0.3 is 0 Å². The Morgan fingerprint density at radius 2 is 2.22 bits per heavy atom. The van der Waals surface area contributed by atoms with Gasteiger partial charge in [-0.15, -0.1) is 0 Å². The van der Waals surface area contributed by atoms with Crippen LogP contribution in [0.25, 0.3) is 0 Å². The SMILES string of the molecule is C[C@H](N)C(=O)N1CCCC1c1nc(Cc2ccc(Br)cc2)no1. The predicted octanol–water partition coefficient (Wildman–Crippen LogP) is 2.43. The first-order valence-corrected chi connectivity index (χ1v) is 8.47. The highest BCUT2D eigenvalue weighted by molar-refractivity contribution is 9.10. The van der Waals surface area contributed by atoms with Gasteiger partial charge in [0.2, 0.25) is 11.8 Å². The molecule has 6 nitrogen and oxygen atoms in total. The molecule has 1 aromatic carbocycles. The number of halogens is 1. The number of hydrogen-bond acceptors (Lipinski definition) is 5. The first kappa shape index (κ1) is 16.1. The molecule has 3 rings (SSSR count). The molecule has 0 spiro atoms. The zero-order valence-electron chi connectivity index (χ0n) is 12.9. The number of carbonyl (C=O) groups excluding carboxylic acids is 1. The Morgan fingerprint density at radius 1 is 1.48 bits per heavy atom. The fraction of sp³-hybridized carbons (Fsp3) is 0.438. The molecule has 0 bridgehead atoms. The van der Waals surface area contributed by atoms with Gasteiger partial charge in [0, 0.05) is 17.4 Å². The first-order chi connectivity index (χ1) is 11.0. The molecule has 2 aromatic rings. The monoisotopic (exact) mass is 378 g/mol. The van der Waals surface area contributed by atoms with Crippen molar-refractivity contribution >= 4 is 21.8 Å². The van der Waals surface area contributed by atoms with Gasteiger partial charge in [-0.2, -0.15) is 4.98 Å². The number of aromatic nitrogens is 2. The number of hydrogen-bond donors (Lipinski definition) is 1. The van der Waals surface area contributed by atoms with Crippen molar-refractivity contribution in [2.75, 3.05) is 6.54 Å². The van der Waals surface area contributed by atoms with Crippen molar-refractivity contribution in [1.82, 2.24) is 15.0 Å². The molecule has 2 N–H and O–H groups in total. The van der Waals surface area contributed by atoms with Crippen molar-refractivity contribution in [3.05, 3.63) is 46.0 Å². The zero-order valence-corrected chi connectivity index (χ0v) is 14.5. The molecule has 1 aliphatic rings. The topological polar surface area (TPSA) is 85.3 Å². The molecule has 1 fully saturated rings. The van der Waals surface area contributed by atoms with Gasteiger partial charge < -0.3 is 15.2 Å². The number of amides is 1. The lowest BCUT2D eigenvalue weighted by Crippen LogP contribution is -2.41. The van der Waals surface area contributed by atoms with E-state index in [0.717, 1.165) is 22.9 Å². The van der Waals surface area contributed by atoms with Gasteiger partial charge in [0.05, 0.1) is 6.04 Å². The summed E-state index contributed by atoms with van der Waals surface area (Å²) in [4.78, 5) is 18.4. The number of likely N-dealkylation sites (tertiary alicyclic amines) is 1. The molecule has 2 atom stereocenters. The summed E-state index contributed by atoms with van der Waals surface area (Å²) in [6, 6.07) is 7.33. The largest absolute Gasteiger partial charge is 0.337 e. The van der Waals surface area contributed by atoms with Crippen LogP contribution in [-0.4, -0.2) is 33.5 Å². The van der Waals surface area contributed by atoms with E-state index in [1.54, 1.807) is 11.8 Å². The molecule has 0 radical (unpaired) electrons. The second-order valence-corrected chi connectivity index (χ2v) is 6.75. The lowest BCUT2D eigenvalue weighted by Gasteiger charge is -2.23. The molecule has 1 unspecified atom stereocenters. The Bertz CT molecular complexity index is 684. The summed E-state index contributed by atoms with van der Waals surface area (Å²) in [5.74, 6) is 1.06. The minimum atomic E-state index is -0.513. The quantitative estimate of drug-likeness (QED) is 0.882. The average Bonchev–Trinajstić information content (AvgIpc) is 3.17. The van der Waals surface area contributed by atoms with Gasteiger partial charge in [0.1, 0.15) is 6.04 Å². The molecule has 1 aromatic heterocycles. The van der Waals surface area contributed by atoms with Crippen molar-refractivity contribution in [3.63, 3.8) is 0 Å². The van der Waals surface area contributed by atoms with Crippen molar-refractivity contribution in [3.8, 4) is 0 Å². The van der Waals surface area contributed by atoms with Crippen molar-refractivity contribution in [1.29, 1.82) is 0 Å². The van der Waals surface area contributed by atoms with Gasteiger partial charge in [-0.3, -0.25) is 4.79 Å². The summed E-state index contributed by atoms with van der Waals surface area (Å²) in [6.07, 6.45) is 2.36. The maximum atomic E-state index is 12.2. The van der Waals surface area contributed by atoms with E-state index >= 15 is 0 Å². The van der Waals surface area contributed by atoms with Crippen LogP contribution in [0.5, 0.6) is 0 Å². The van der Waals surface area contributed by atoms with Gasteiger partial charge in [0.15, 0.2) is 5.82 Å². The van der Waals surface area contributed by atoms with E-state index in [4.69, 9.17) is 10.3 Å². The van der Waals surface area contributed by atoms with Crippen LogP contribution in [0.1, 0.15) is 43.1 Å². The van der Waals surface area contributed by atoms with Crippen LogP contribution in [-0.2, 0) is 11.2 Å². The number of rotatable bonds is 4. The maximum Gasteiger partial charge on any atom is 0.249 e. The van der Waals surface area contributed by atoms with Crippen LogP contribution in [0.15, 0.2) is 33.3 Å². The van der Waals surface area contributed by atoms with E-state index in [1.807, 2.05) is 24.3 Å². The highest BCUT2D eigenvalue weighted by Gasteiger charge is 2.35. The summed E-state index contributed by atoms with van der Waals surface area (Å²) in [5, 5.41) is 4.05. The Morgan fingerprint density at radius 3 is 2.91 bits per heavy atom. The molecule has 7 heteroatoms. The Kier molecular flexibility index (Phi) is 4.77. The van der Waals surface area contributed by atoms with Crippen molar-refractivity contribution in [2.45, 2.75) is 38.3 Å². The van der Waals surface area contributed by atoms with Gasteiger partial charge in [-0.05, 0) is 37.5 Å². The standard InChI is InChI=1S/C16H19BrN4O2/c1-10(18)16(22)21-8-2-3-13(21)15-19-14(20-23-15)9-11-4-6-12(17)7-5-11/h4-7,10,13H,2-3,8-9,18H2,1H3/t10-,13?/m0/s1. The van der Waals surface area contributed by atoms with E-state index in [9.17, 15) is 4.79 Å². The van der Waals surface area contributed by atoms with Crippen LogP contribution in [0, 0.1) is 0 Å². The van der Waals surface area contributed by atoms with Crippen LogP contribution in [0.2, 0.25) is 0 Å². The highest BCUT2D eigenvalue weighted by atomic mass is 79.9. The number of nitrogens with two attached hydrogens (primary N) is 1. The molecule has 1 aliphatic heterocycles. The molecule has 1 saturated heterocycles. The molecule has 23 heavy (non-hydrogen) atoms. The molecule has 0 aliphatic carbocycles. The van der Waals surface area contributed by atoms with Crippen LogP contribution in [0.3, 0.4) is 0 Å². The van der Waals surface area contributed by atoms with E-state index in [1.165, 1.54) is 0 Å². The summed E-state index contributed by atoms with van der Waals surface area (Å²) in [6.45, 7) is 2.39. The summed E-state index contributed by atoms with van der Waals surface area (Å²) >= 11 is 3.41. The first-order valence-electron chi connectivity index (χ1n) is 7.67. The number of benzene rings is 1. The predicted molar refractivity (Wildman–Crippen MR) is 88.6 cm³/mol.